The van der Waals surface area contributed by atoms with Crippen LogP contribution in [0, 0.1) is 17.2 Å². The predicted molar refractivity (Wildman–Crippen MR) is 129 cm³/mol. The highest BCUT2D eigenvalue weighted by Gasteiger charge is 2.49. The highest BCUT2D eigenvalue weighted by atomic mass is 32.2. The Morgan fingerprint density at radius 1 is 1.16 bits per heavy atom. The van der Waals surface area contributed by atoms with Crippen molar-refractivity contribution in [2.45, 2.75) is 55.9 Å². The number of hydrogen-bond donors (Lipinski definition) is 1. The van der Waals surface area contributed by atoms with Crippen molar-refractivity contribution in [3.05, 3.63) is 35.9 Å². The number of aromatic nitrogens is 1. The molecule has 0 radical (unpaired) electrons. The average Bonchev–Trinajstić information content (AvgIpc) is 3.49. The number of sulfone groups is 1. The highest BCUT2D eigenvalue weighted by molar-refractivity contribution is 7.91. The number of oxazole rings is 1. The Balaban J connectivity index is 1.47. The summed E-state index contributed by atoms with van der Waals surface area (Å²) in [4.78, 5) is 18.7. The van der Waals surface area contributed by atoms with Crippen LogP contribution in [0.4, 0.5) is 23.2 Å². The summed E-state index contributed by atoms with van der Waals surface area (Å²) in [6, 6.07) is 8.53. The number of nitrogens with one attached hydrogen (secondary N) is 1. The third-order valence-corrected chi connectivity index (χ3v) is 9.14. The van der Waals surface area contributed by atoms with Crippen LogP contribution in [0.15, 0.2) is 28.7 Å². The third-order valence-electron chi connectivity index (χ3n) is 7.53. The molecule has 2 heterocycles. The molecule has 3 atom stereocenters. The maximum absolute atomic E-state index is 14.4. The van der Waals surface area contributed by atoms with Gasteiger partial charge in [-0.25, -0.2) is 17.8 Å². The van der Waals surface area contributed by atoms with Crippen molar-refractivity contribution in [2.24, 2.45) is 5.92 Å². The van der Waals surface area contributed by atoms with Crippen LogP contribution in [0.1, 0.15) is 49.7 Å². The number of alkyl halides is 4. The van der Waals surface area contributed by atoms with Gasteiger partial charge in [-0.3, -0.25) is 4.79 Å². The van der Waals surface area contributed by atoms with Crippen LogP contribution < -0.4 is 10.2 Å². The van der Waals surface area contributed by atoms with Crippen LogP contribution in [0.5, 0.6) is 0 Å². The number of halogens is 4. The molecule has 0 unspecified atom stereocenters. The number of amides is 1. The maximum Gasteiger partial charge on any atom is 0.468 e. The molecule has 8 nitrogen and oxygen atoms in total. The molecule has 5 rings (SSSR count). The second-order valence-electron chi connectivity index (χ2n) is 10.2. The first kappa shape index (κ1) is 26.5. The molecule has 2 aliphatic carbocycles. The van der Waals surface area contributed by atoms with Gasteiger partial charge in [0.1, 0.15) is 23.2 Å². The van der Waals surface area contributed by atoms with E-state index in [1.165, 1.54) is 0 Å². The van der Waals surface area contributed by atoms with E-state index in [2.05, 4.69) is 10.3 Å². The molecule has 3 aliphatic rings. The minimum absolute atomic E-state index is 0.0188. The number of hydrogen-bond acceptors (Lipinski definition) is 7. The Kier molecular flexibility index (Phi) is 6.65. The minimum atomic E-state index is -4.87. The largest absolute Gasteiger partial charge is 0.468 e. The fraction of sp³-hybridized carbons (Fsp3) is 0.560. The molecule has 2 aromatic rings. The Bertz CT molecular complexity index is 1350. The lowest BCUT2D eigenvalue weighted by Crippen LogP contribution is -2.44. The van der Waals surface area contributed by atoms with Crippen LogP contribution in [0.3, 0.4) is 0 Å². The Morgan fingerprint density at radius 3 is 2.39 bits per heavy atom. The molecule has 1 aromatic carbocycles. The summed E-state index contributed by atoms with van der Waals surface area (Å²) in [5.74, 6) is -4.01. The first-order valence-electron chi connectivity index (χ1n) is 12.4. The van der Waals surface area contributed by atoms with Crippen LogP contribution in [-0.4, -0.2) is 55.6 Å². The van der Waals surface area contributed by atoms with Crippen LogP contribution in [0.25, 0.3) is 11.3 Å². The van der Waals surface area contributed by atoms with Crippen LogP contribution in [0.2, 0.25) is 0 Å². The maximum atomic E-state index is 14.4. The zero-order valence-corrected chi connectivity index (χ0v) is 21.1. The van der Waals surface area contributed by atoms with E-state index in [4.69, 9.17) is 4.42 Å². The third kappa shape index (κ3) is 5.36. The number of carbonyl (C=O) groups is 1. The first-order valence-corrected chi connectivity index (χ1v) is 14.2. The van der Waals surface area contributed by atoms with Gasteiger partial charge < -0.3 is 14.6 Å². The predicted octanol–water partition coefficient (Wildman–Crippen LogP) is 3.99. The van der Waals surface area contributed by atoms with E-state index >= 15 is 0 Å². The first-order chi connectivity index (χ1) is 17.9. The smallest absolute Gasteiger partial charge is 0.437 e. The lowest BCUT2D eigenvalue weighted by atomic mass is 9.75. The summed E-state index contributed by atoms with van der Waals surface area (Å²) < 4.78 is 84.0. The van der Waals surface area contributed by atoms with Crippen molar-refractivity contribution < 1.29 is 35.2 Å². The van der Waals surface area contributed by atoms with Crippen molar-refractivity contribution in [1.29, 1.82) is 5.26 Å². The second-order valence-corrected chi connectivity index (χ2v) is 12.5. The lowest BCUT2D eigenvalue weighted by Gasteiger charge is -2.32. The number of carbonyl (C=O) groups excluding carboxylic acids is 1. The fourth-order valence-corrected chi connectivity index (χ4v) is 6.35. The summed E-state index contributed by atoms with van der Waals surface area (Å²) in [6.45, 7) is 0.616. The van der Waals surface area contributed by atoms with Gasteiger partial charge in [-0.2, -0.15) is 18.4 Å². The number of anilines is 1. The van der Waals surface area contributed by atoms with E-state index in [-0.39, 0.29) is 42.2 Å². The number of benzene rings is 1. The van der Waals surface area contributed by atoms with E-state index in [1.54, 1.807) is 24.3 Å². The molecular formula is C25H26F4N4O4S. The SMILES string of the molecule is N#CC1(NC(=O)[C@@H]2C[C@@H](F)CC[C@H]2c2oc(C(F)(F)F)nc2-c2ccc(N3CCS(=O)(=O)CC3)cc2)CC1. The summed E-state index contributed by atoms with van der Waals surface area (Å²) in [7, 11) is -3.08. The van der Waals surface area contributed by atoms with E-state index < -0.39 is 51.4 Å². The van der Waals surface area contributed by atoms with Gasteiger partial charge in [-0.05, 0) is 44.2 Å². The molecule has 204 valence electrons. The Labute approximate surface area is 216 Å². The van der Waals surface area contributed by atoms with E-state index in [0.717, 1.165) is 0 Å². The lowest BCUT2D eigenvalue weighted by molar-refractivity contribution is -0.157. The van der Waals surface area contributed by atoms with Crippen molar-refractivity contribution in [3.8, 4) is 17.3 Å². The van der Waals surface area contributed by atoms with Gasteiger partial charge in [0.05, 0.1) is 23.5 Å². The van der Waals surface area contributed by atoms with E-state index in [0.29, 0.717) is 37.2 Å². The van der Waals surface area contributed by atoms with Gasteiger partial charge in [-0.1, -0.05) is 12.1 Å². The quantitative estimate of drug-likeness (QED) is 0.556. The standard InChI is InChI=1S/C25H26F4N4O4S/c26-16-3-6-18(19(13-16)22(34)32-24(14-30)7-8-24)21-20(31-23(37-21)25(27,28)29)15-1-4-17(5-2-15)33-9-11-38(35,36)12-10-33/h1-2,4-5,16,18-19H,3,6-13H2,(H,32,34)/t16-,18+,19+/m0/s1. The number of nitrogens with zero attached hydrogens (tertiary/aromatic N) is 3. The fourth-order valence-electron chi connectivity index (χ4n) is 5.15. The molecule has 1 amide bonds. The van der Waals surface area contributed by atoms with Crippen molar-refractivity contribution >= 4 is 21.4 Å². The molecular weight excluding hydrogens is 528 g/mol. The normalized spacial score (nSPS) is 26.4. The zero-order valence-electron chi connectivity index (χ0n) is 20.3. The summed E-state index contributed by atoms with van der Waals surface area (Å²) in [5, 5.41) is 12.0. The van der Waals surface area contributed by atoms with Gasteiger partial charge in [0.15, 0.2) is 9.84 Å². The number of rotatable bonds is 5. The van der Waals surface area contributed by atoms with Gasteiger partial charge in [0.2, 0.25) is 5.91 Å². The zero-order chi connectivity index (χ0) is 27.3. The summed E-state index contributed by atoms with van der Waals surface area (Å²) in [5.41, 5.74) is -0.0433. The Morgan fingerprint density at radius 2 is 1.82 bits per heavy atom. The van der Waals surface area contributed by atoms with Crippen molar-refractivity contribution in [1.82, 2.24) is 10.3 Å². The van der Waals surface area contributed by atoms with Gasteiger partial charge in [0, 0.05) is 30.3 Å². The Hall–Kier alpha value is -3.14. The molecule has 2 saturated carbocycles. The molecule has 38 heavy (non-hydrogen) atoms. The molecule has 13 heteroatoms. The number of nitriles is 1. The van der Waals surface area contributed by atoms with Crippen LogP contribution in [-0.2, 0) is 20.8 Å². The molecule has 1 N–H and O–H groups in total. The highest BCUT2D eigenvalue weighted by Crippen LogP contribution is 2.46. The molecule has 1 aromatic heterocycles. The summed E-state index contributed by atoms with van der Waals surface area (Å²) in [6.07, 6.45) is -5.31. The minimum Gasteiger partial charge on any atom is -0.437 e. The summed E-state index contributed by atoms with van der Waals surface area (Å²) >= 11 is 0. The topological polar surface area (TPSA) is 116 Å². The average molecular weight is 555 g/mol. The molecule has 3 fully saturated rings. The molecule has 0 spiro atoms. The monoisotopic (exact) mass is 554 g/mol. The second kappa shape index (κ2) is 9.55. The van der Waals surface area contributed by atoms with Gasteiger partial charge in [0.25, 0.3) is 0 Å². The van der Waals surface area contributed by atoms with Gasteiger partial charge >= 0.3 is 12.1 Å². The van der Waals surface area contributed by atoms with Gasteiger partial charge in [-0.15, -0.1) is 0 Å². The molecule has 1 saturated heterocycles. The van der Waals surface area contributed by atoms with Crippen LogP contribution >= 0.6 is 0 Å². The molecule has 1 aliphatic heterocycles. The van der Waals surface area contributed by atoms with Crippen molar-refractivity contribution in [2.75, 3.05) is 29.5 Å². The van der Waals surface area contributed by atoms with E-state index in [1.807, 2.05) is 11.0 Å². The van der Waals surface area contributed by atoms with E-state index in [9.17, 15) is 36.0 Å². The van der Waals surface area contributed by atoms with Crippen molar-refractivity contribution in [3.63, 3.8) is 0 Å². The molecule has 0 bridgehead atoms.